The summed E-state index contributed by atoms with van der Waals surface area (Å²) in [5, 5.41) is 28.5. The summed E-state index contributed by atoms with van der Waals surface area (Å²) in [4.78, 5) is 43.5. The second kappa shape index (κ2) is 12.8. The summed E-state index contributed by atoms with van der Waals surface area (Å²) in [6.45, 7) is 0. The lowest BCUT2D eigenvalue weighted by molar-refractivity contribution is -0.124. The first-order valence-electron chi connectivity index (χ1n) is 13.1. The van der Waals surface area contributed by atoms with Gasteiger partial charge in [0.1, 0.15) is 23.2 Å². The number of pyridine rings is 1. The third kappa shape index (κ3) is 6.52. The van der Waals surface area contributed by atoms with Crippen LogP contribution in [0.3, 0.4) is 0 Å². The zero-order valence-corrected chi connectivity index (χ0v) is 22.7. The van der Waals surface area contributed by atoms with Gasteiger partial charge in [0.15, 0.2) is 0 Å². The molecule has 1 heterocycles. The van der Waals surface area contributed by atoms with E-state index in [-0.39, 0.29) is 34.2 Å². The molecule has 1 aromatic heterocycles. The Balaban J connectivity index is 1.62. The van der Waals surface area contributed by atoms with Crippen LogP contribution in [0, 0.1) is 5.92 Å². The minimum Gasteiger partial charge on any atom is -0.497 e. The molecule has 1 saturated carbocycles. The molecule has 0 aliphatic heterocycles. The van der Waals surface area contributed by atoms with E-state index in [1.807, 2.05) is 0 Å². The number of aromatic nitrogens is 1. The second-order valence-corrected chi connectivity index (χ2v) is 9.73. The van der Waals surface area contributed by atoms with Crippen molar-refractivity contribution in [2.45, 2.75) is 38.1 Å². The molecular formula is C28H33BN4O7. The summed E-state index contributed by atoms with van der Waals surface area (Å²) in [7, 11) is 2.63. The van der Waals surface area contributed by atoms with Gasteiger partial charge in [0.25, 0.3) is 11.8 Å². The monoisotopic (exact) mass is 548 g/mol. The first kappa shape index (κ1) is 28.8. The predicted octanol–water partition coefficient (Wildman–Crippen LogP) is 1.61. The Morgan fingerprint density at radius 1 is 0.975 bits per heavy atom. The van der Waals surface area contributed by atoms with Gasteiger partial charge < -0.3 is 35.5 Å². The molecule has 210 valence electrons. The number of hydrogen-bond acceptors (Lipinski definition) is 8. The van der Waals surface area contributed by atoms with Crippen molar-refractivity contribution in [1.29, 1.82) is 0 Å². The van der Waals surface area contributed by atoms with E-state index in [1.165, 1.54) is 45.5 Å². The van der Waals surface area contributed by atoms with Crippen LogP contribution < -0.4 is 30.9 Å². The van der Waals surface area contributed by atoms with Gasteiger partial charge in [-0.05, 0) is 54.6 Å². The fourth-order valence-electron chi connectivity index (χ4n) is 5.03. The van der Waals surface area contributed by atoms with Crippen LogP contribution >= 0.6 is 0 Å². The number of carbonyl (C=O) groups excluding carboxylic acids is 3. The summed E-state index contributed by atoms with van der Waals surface area (Å²) in [6, 6.07) is 10.0. The van der Waals surface area contributed by atoms with Crippen molar-refractivity contribution < 1.29 is 33.9 Å². The number of methoxy groups -OCH3 is 2. The maximum Gasteiger partial charge on any atom is 0.488 e. The normalized spacial score (nSPS) is 14.2. The highest BCUT2D eigenvalue weighted by molar-refractivity contribution is 6.58. The van der Waals surface area contributed by atoms with Gasteiger partial charge in [-0.25, -0.2) is 4.98 Å². The largest absolute Gasteiger partial charge is 0.497 e. The summed E-state index contributed by atoms with van der Waals surface area (Å²) in [5.74, 6) is -0.487. The molecule has 2 aromatic carbocycles. The van der Waals surface area contributed by atoms with Crippen LogP contribution in [0.5, 0.6) is 11.5 Å². The molecule has 1 atom stereocenters. The number of fused-ring (bicyclic) bond motifs is 1. The Kier molecular flexibility index (Phi) is 9.23. The van der Waals surface area contributed by atoms with Crippen LogP contribution in [0.1, 0.15) is 53.0 Å². The predicted molar refractivity (Wildman–Crippen MR) is 151 cm³/mol. The van der Waals surface area contributed by atoms with E-state index < -0.39 is 25.0 Å². The van der Waals surface area contributed by atoms with Crippen LogP contribution in [0.4, 0.5) is 5.69 Å². The molecule has 1 fully saturated rings. The van der Waals surface area contributed by atoms with E-state index in [2.05, 4.69) is 20.9 Å². The number of likely N-dealkylation sites (N-methyl/N-ethyl adjacent to an activating group) is 1. The van der Waals surface area contributed by atoms with E-state index >= 15 is 0 Å². The lowest BCUT2D eigenvalue weighted by atomic mass is 9.79. The highest BCUT2D eigenvalue weighted by Gasteiger charge is 2.31. The highest BCUT2D eigenvalue weighted by atomic mass is 16.5. The summed E-state index contributed by atoms with van der Waals surface area (Å²) in [5.41, 5.74) is 0.702. The summed E-state index contributed by atoms with van der Waals surface area (Å²) in [6.07, 6.45) is 4.70. The van der Waals surface area contributed by atoms with Gasteiger partial charge in [0, 0.05) is 35.8 Å². The molecule has 0 bridgehead atoms. The number of carbonyl (C=O) groups is 3. The third-order valence-corrected chi connectivity index (χ3v) is 7.14. The lowest BCUT2D eigenvalue weighted by Crippen LogP contribution is -2.50. The fraction of sp³-hybridized carbons (Fsp3) is 0.357. The minimum atomic E-state index is -1.90. The average molecular weight is 548 g/mol. The fourth-order valence-corrected chi connectivity index (χ4v) is 5.03. The molecule has 0 spiro atoms. The number of benzene rings is 2. The van der Waals surface area contributed by atoms with E-state index in [0.29, 0.717) is 22.4 Å². The molecule has 1 aliphatic rings. The number of hydrogen-bond donors (Lipinski definition) is 5. The van der Waals surface area contributed by atoms with Crippen LogP contribution in [-0.4, -0.2) is 67.2 Å². The molecule has 0 unspecified atom stereocenters. The molecule has 0 saturated heterocycles. The van der Waals surface area contributed by atoms with Crippen molar-refractivity contribution in [3.05, 3.63) is 53.7 Å². The van der Waals surface area contributed by atoms with E-state index in [9.17, 15) is 24.4 Å². The molecule has 12 heteroatoms. The quantitative estimate of drug-likeness (QED) is 0.252. The van der Waals surface area contributed by atoms with Gasteiger partial charge in [-0.1, -0.05) is 19.3 Å². The van der Waals surface area contributed by atoms with Gasteiger partial charge in [0.05, 0.1) is 19.7 Å². The van der Waals surface area contributed by atoms with Crippen molar-refractivity contribution in [2.75, 3.05) is 26.6 Å². The Bertz CT molecular complexity index is 1410. The molecule has 4 rings (SSSR count). The highest BCUT2D eigenvalue weighted by Crippen LogP contribution is 2.29. The van der Waals surface area contributed by atoms with Crippen molar-refractivity contribution in [3.8, 4) is 11.5 Å². The number of anilines is 1. The molecule has 11 nitrogen and oxygen atoms in total. The standard InChI is InChI=1S/C28H33BN4O7/c1-30-28(36)25(16-7-5-4-6-8-16)33-26(34)17-11-18(29(37)38)13-19(12-17)31-27(35)23-15-24(40-3)21-10-9-20(39-2)14-22(21)32-23/h9-16,25,37-38H,4-8H2,1-3H3,(H,30,36)(H,31,35)(H,33,34)/t25-/m1/s1. The minimum absolute atomic E-state index is 0.00368. The topological polar surface area (TPSA) is 159 Å². The second-order valence-electron chi connectivity index (χ2n) is 9.73. The van der Waals surface area contributed by atoms with Crippen molar-refractivity contribution in [3.63, 3.8) is 0 Å². The van der Waals surface area contributed by atoms with E-state index in [1.54, 1.807) is 18.2 Å². The van der Waals surface area contributed by atoms with Crippen LogP contribution in [0.15, 0.2) is 42.5 Å². The first-order valence-corrected chi connectivity index (χ1v) is 13.1. The maximum absolute atomic E-state index is 13.3. The zero-order chi connectivity index (χ0) is 28.8. The van der Waals surface area contributed by atoms with E-state index in [0.717, 1.165) is 32.1 Å². The molecule has 3 aromatic rings. The van der Waals surface area contributed by atoms with Gasteiger partial charge in [-0.2, -0.15) is 0 Å². The van der Waals surface area contributed by atoms with Gasteiger partial charge in [-0.15, -0.1) is 0 Å². The third-order valence-electron chi connectivity index (χ3n) is 7.14. The first-order chi connectivity index (χ1) is 19.2. The van der Waals surface area contributed by atoms with Gasteiger partial charge in [0.2, 0.25) is 5.91 Å². The Morgan fingerprint density at radius 2 is 1.73 bits per heavy atom. The van der Waals surface area contributed by atoms with Crippen molar-refractivity contribution >= 4 is 46.9 Å². The van der Waals surface area contributed by atoms with Crippen LogP contribution in [-0.2, 0) is 4.79 Å². The number of rotatable bonds is 9. The number of nitrogens with one attached hydrogen (secondary N) is 3. The zero-order valence-electron chi connectivity index (χ0n) is 22.7. The summed E-state index contributed by atoms with van der Waals surface area (Å²) < 4.78 is 10.7. The molecular weight excluding hydrogens is 515 g/mol. The van der Waals surface area contributed by atoms with Gasteiger partial charge in [-0.3, -0.25) is 14.4 Å². The molecule has 40 heavy (non-hydrogen) atoms. The number of nitrogens with zero attached hydrogens (tertiary/aromatic N) is 1. The maximum atomic E-state index is 13.3. The van der Waals surface area contributed by atoms with Gasteiger partial charge >= 0.3 is 7.12 Å². The van der Waals surface area contributed by atoms with Crippen LogP contribution in [0.25, 0.3) is 10.9 Å². The Hall–Kier alpha value is -4.16. The van der Waals surface area contributed by atoms with Crippen molar-refractivity contribution in [2.24, 2.45) is 5.92 Å². The average Bonchev–Trinajstić information content (AvgIpc) is 2.98. The Labute approximate surface area is 232 Å². The van der Waals surface area contributed by atoms with Crippen molar-refractivity contribution in [1.82, 2.24) is 15.6 Å². The lowest BCUT2D eigenvalue weighted by Gasteiger charge is -2.29. The SMILES string of the molecule is CNC(=O)[C@H](NC(=O)c1cc(NC(=O)c2cc(OC)c3ccc(OC)cc3n2)cc(B(O)O)c1)C1CCCCC1. The molecule has 3 amide bonds. The summed E-state index contributed by atoms with van der Waals surface area (Å²) >= 11 is 0. The molecule has 5 N–H and O–H groups in total. The smallest absolute Gasteiger partial charge is 0.488 e. The van der Waals surface area contributed by atoms with Crippen LogP contribution in [0.2, 0.25) is 0 Å². The number of ether oxygens (including phenoxy) is 2. The molecule has 1 aliphatic carbocycles. The van der Waals surface area contributed by atoms with E-state index in [4.69, 9.17) is 9.47 Å². The Morgan fingerprint density at radius 3 is 2.38 bits per heavy atom. The molecule has 0 radical (unpaired) electrons. The number of amides is 3.